The van der Waals surface area contributed by atoms with Crippen LogP contribution in [0.25, 0.3) is 0 Å². The van der Waals surface area contributed by atoms with Gasteiger partial charge in [0, 0.05) is 28.2 Å². The van der Waals surface area contributed by atoms with Crippen LogP contribution in [0, 0.1) is 6.92 Å². The molecule has 3 aromatic carbocycles. The lowest BCUT2D eigenvalue weighted by molar-refractivity contribution is -0.140. The molecule has 0 bridgehead atoms. The van der Waals surface area contributed by atoms with Crippen molar-refractivity contribution >= 4 is 50.7 Å². The fraction of sp³-hybridized carbons (Fsp3) is 0.333. The topological polar surface area (TPSA) is 86.8 Å². The van der Waals surface area contributed by atoms with Crippen molar-refractivity contribution in [2.75, 3.05) is 10.8 Å². The van der Waals surface area contributed by atoms with E-state index in [0.717, 1.165) is 9.87 Å². The quantitative estimate of drug-likeness (QED) is 0.266. The molecule has 0 fully saturated rings. The molecule has 214 valence electrons. The SMILES string of the molecule is CCC(C)NC(=O)C(CC)N(Cc1c(Cl)cccc1Cl)C(=O)CN(c1ccccc1)S(=O)(=O)c1ccc(C)cc1. The largest absolute Gasteiger partial charge is 0.352 e. The van der Waals surface area contributed by atoms with Gasteiger partial charge in [-0.1, -0.05) is 79.0 Å². The van der Waals surface area contributed by atoms with Crippen molar-refractivity contribution in [3.63, 3.8) is 0 Å². The highest BCUT2D eigenvalue weighted by molar-refractivity contribution is 7.92. The molecule has 0 aliphatic carbocycles. The smallest absolute Gasteiger partial charge is 0.264 e. The maximum absolute atomic E-state index is 14.1. The molecule has 0 aliphatic rings. The zero-order chi connectivity index (χ0) is 29.4. The molecular formula is C30H35Cl2N3O4S. The highest BCUT2D eigenvalue weighted by Gasteiger charge is 2.34. The summed E-state index contributed by atoms with van der Waals surface area (Å²) in [5, 5.41) is 3.63. The van der Waals surface area contributed by atoms with E-state index in [-0.39, 0.29) is 23.4 Å². The number of halogens is 2. The van der Waals surface area contributed by atoms with Crippen LogP contribution in [0.3, 0.4) is 0 Å². The number of carbonyl (C=O) groups is 2. The predicted octanol–water partition coefficient (Wildman–Crippen LogP) is 6.22. The van der Waals surface area contributed by atoms with Crippen LogP contribution in [0.4, 0.5) is 5.69 Å². The Labute approximate surface area is 247 Å². The molecule has 0 saturated heterocycles. The predicted molar refractivity (Wildman–Crippen MR) is 161 cm³/mol. The van der Waals surface area contributed by atoms with Crippen molar-refractivity contribution in [1.29, 1.82) is 0 Å². The molecule has 0 radical (unpaired) electrons. The van der Waals surface area contributed by atoms with Gasteiger partial charge in [0.2, 0.25) is 11.8 Å². The van der Waals surface area contributed by atoms with E-state index in [9.17, 15) is 18.0 Å². The van der Waals surface area contributed by atoms with Gasteiger partial charge in [-0.25, -0.2) is 8.42 Å². The van der Waals surface area contributed by atoms with E-state index in [1.165, 1.54) is 17.0 Å². The van der Waals surface area contributed by atoms with Crippen LogP contribution >= 0.6 is 23.2 Å². The van der Waals surface area contributed by atoms with Gasteiger partial charge in [0.1, 0.15) is 12.6 Å². The summed E-state index contributed by atoms with van der Waals surface area (Å²) in [6.45, 7) is 6.89. The van der Waals surface area contributed by atoms with Crippen molar-refractivity contribution < 1.29 is 18.0 Å². The summed E-state index contributed by atoms with van der Waals surface area (Å²) in [7, 11) is -4.13. The molecule has 10 heteroatoms. The molecule has 0 saturated carbocycles. The van der Waals surface area contributed by atoms with E-state index in [2.05, 4.69) is 5.32 Å². The lowest BCUT2D eigenvalue weighted by Gasteiger charge is -2.34. The number of sulfonamides is 1. The van der Waals surface area contributed by atoms with E-state index in [4.69, 9.17) is 23.2 Å². The third-order valence-electron chi connectivity index (χ3n) is 6.71. The molecule has 1 N–H and O–H groups in total. The summed E-state index contributed by atoms with van der Waals surface area (Å²) in [4.78, 5) is 28.9. The summed E-state index contributed by atoms with van der Waals surface area (Å²) < 4.78 is 28.8. The Morgan fingerprint density at radius 3 is 2.02 bits per heavy atom. The lowest BCUT2D eigenvalue weighted by atomic mass is 10.1. The number of anilines is 1. The Balaban J connectivity index is 2.07. The zero-order valence-electron chi connectivity index (χ0n) is 23.1. The van der Waals surface area contributed by atoms with Crippen LogP contribution in [0.2, 0.25) is 10.0 Å². The lowest BCUT2D eigenvalue weighted by Crippen LogP contribution is -2.53. The van der Waals surface area contributed by atoms with Gasteiger partial charge >= 0.3 is 0 Å². The standard InChI is InChI=1S/C30H35Cl2N3O4S/c1-5-22(4)33-30(37)28(6-2)34(19-25-26(31)13-10-14-27(25)32)29(36)20-35(23-11-8-7-9-12-23)40(38,39)24-17-15-21(3)16-18-24/h7-18,22,28H,5-6,19-20H2,1-4H3,(H,33,37). The Bertz CT molecular complexity index is 1400. The van der Waals surface area contributed by atoms with Gasteiger partial charge in [-0.15, -0.1) is 0 Å². The molecule has 3 rings (SSSR count). The van der Waals surface area contributed by atoms with Gasteiger partial charge in [0.25, 0.3) is 10.0 Å². The van der Waals surface area contributed by atoms with Crippen molar-refractivity contribution in [3.8, 4) is 0 Å². The summed E-state index contributed by atoms with van der Waals surface area (Å²) in [5.74, 6) is -0.900. The second-order valence-electron chi connectivity index (χ2n) is 9.62. The maximum atomic E-state index is 14.1. The van der Waals surface area contributed by atoms with Crippen LogP contribution in [0.15, 0.2) is 77.7 Å². The molecule has 3 aromatic rings. The van der Waals surface area contributed by atoms with Crippen LogP contribution in [0.5, 0.6) is 0 Å². The first-order chi connectivity index (χ1) is 19.0. The summed E-state index contributed by atoms with van der Waals surface area (Å²) in [6, 6.07) is 18.9. The van der Waals surface area contributed by atoms with Gasteiger partial charge in [-0.05, 0) is 63.1 Å². The molecule has 2 atom stereocenters. The van der Waals surface area contributed by atoms with E-state index < -0.39 is 28.5 Å². The van der Waals surface area contributed by atoms with Crippen LogP contribution in [-0.4, -0.2) is 43.8 Å². The number of nitrogens with one attached hydrogen (secondary N) is 1. The van der Waals surface area contributed by atoms with E-state index in [1.807, 2.05) is 20.8 Å². The molecule has 40 heavy (non-hydrogen) atoms. The third kappa shape index (κ3) is 7.56. The highest BCUT2D eigenvalue weighted by atomic mass is 35.5. The Kier molecular flexibility index (Phi) is 11.0. The number of benzene rings is 3. The number of hydrogen-bond donors (Lipinski definition) is 1. The molecule has 2 amide bonds. The normalized spacial score (nSPS) is 12.8. The molecule has 0 spiro atoms. The third-order valence-corrected chi connectivity index (χ3v) is 9.21. The maximum Gasteiger partial charge on any atom is 0.264 e. The monoisotopic (exact) mass is 603 g/mol. The first kappa shape index (κ1) is 31.5. The second-order valence-corrected chi connectivity index (χ2v) is 12.3. The van der Waals surface area contributed by atoms with E-state index >= 15 is 0 Å². The van der Waals surface area contributed by atoms with E-state index in [1.54, 1.807) is 67.6 Å². The number of amides is 2. The molecule has 7 nitrogen and oxygen atoms in total. The molecule has 0 aliphatic heterocycles. The molecule has 2 unspecified atom stereocenters. The summed E-state index contributed by atoms with van der Waals surface area (Å²) >= 11 is 12.9. The Morgan fingerprint density at radius 2 is 1.48 bits per heavy atom. The van der Waals surface area contributed by atoms with Crippen LogP contribution in [-0.2, 0) is 26.2 Å². The van der Waals surface area contributed by atoms with E-state index in [0.29, 0.717) is 34.1 Å². The van der Waals surface area contributed by atoms with Gasteiger partial charge in [-0.3, -0.25) is 13.9 Å². The molecule has 0 aromatic heterocycles. The van der Waals surface area contributed by atoms with Crippen molar-refractivity contribution in [2.24, 2.45) is 0 Å². The zero-order valence-corrected chi connectivity index (χ0v) is 25.4. The minimum atomic E-state index is -4.13. The Hall–Kier alpha value is -3.07. The Morgan fingerprint density at radius 1 is 0.875 bits per heavy atom. The minimum Gasteiger partial charge on any atom is -0.352 e. The number of carbonyl (C=O) groups excluding carboxylic acids is 2. The number of rotatable bonds is 12. The molecule has 0 heterocycles. The average Bonchev–Trinajstić information content (AvgIpc) is 2.93. The van der Waals surface area contributed by atoms with Gasteiger partial charge in [-0.2, -0.15) is 0 Å². The van der Waals surface area contributed by atoms with Crippen molar-refractivity contribution in [3.05, 3.63) is 94.0 Å². The average molecular weight is 605 g/mol. The number of para-hydroxylation sites is 1. The van der Waals surface area contributed by atoms with Crippen molar-refractivity contribution in [1.82, 2.24) is 10.2 Å². The fourth-order valence-electron chi connectivity index (χ4n) is 4.17. The van der Waals surface area contributed by atoms with Gasteiger partial charge in [0.15, 0.2) is 0 Å². The number of aryl methyl sites for hydroxylation is 1. The number of hydrogen-bond acceptors (Lipinski definition) is 4. The molecular weight excluding hydrogens is 569 g/mol. The van der Waals surface area contributed by atoms with Gasteiger partial charge < -0.3 is 10.2 Å². The first-order valence-electron chi connectivity index (χ1n) is 13.2. The second kappa shape index (κ2) is 14.0. The van der Waals surface area contributed by atoms with Crippen molar-refractivity contribution in [2.45, 2.75) is 64.1 Å². The summed E-state index contributed by atoms with van der Waals surface area (Å²) in [6.07, 6.45) is 1.01. The van der Waals surface area contributed by atoms with Crippen LogP contribution in [0.1, 0.15) is 44.7 Å². The first-order valence-corrected chi connectivity index (χ1v) is 15.4. The minimum absolute atomic E-state index is 0.0528. The summed E-state index contributed by atoms with van der Waals surface area (Å²) in [5.41, 5.74) is 1.70. The number of nitrogens with zero attached hydrogens (tertiary/aromatic N) is 2. The fourth-order valence-corrected chi connectivity index (χ4v) is 6.11. The highest BCUT2D eigenvalue weighted by Crippen LogP contribution is 2.29. The van der Waals surface area contributed by atoms with Gasteiger partial charge in [0.05, 0.1) is 10.6 Å². The van der Waals surface area contributed by atoms with Crippen LogP contribution < -0.4 is 9.62 Å².